The molecule has 1 fully saturated rings. The molecule has 0 saturated carbocycles. The molecule has 4 aromatic rings. The number of carbonyl (C=O) groups is 1. The van der Waals surface area contributed by atoms with E-state index in [0.29, 0.717) is 17.5 Å². The number of piperidine rings is 1. The maximum Gasteiger partial charge on any atom is 0.227 e. The summed E-state index contributed by atoms with van der Waals surface area (Å²) >= 11 is 6.38. The minimum absolute atomic E-state index is 0.0866. The molecule has 1 aromatic heterocycles. The molecule has 1 N–H and O–H groups in total. The quantitative estimate of drug-likeness (QED) is 0.291. The van der Waals surface area contributed by atoms with Gasteiger partial charge in [-0.3, -0.25) is 9.79 Å². The number of halogens is 2. The van der Waals surface area contributed by atoms with Crippen LogP contribution in [0.2, 0.25) is 5.02 Å². The number of nitrogens with one attached hydrogen (secondary N) is 1. The highest BCUT2D eigenvalue weighted by Gasteiger charge is 2.25. The van der Waals surface area contributed by atoms with Crippen LogP contribution in [0.5, 0.6) is 0 Å². The number of likely N-dealkylation sites (tertiary alicyclic amines) is 1. The zero-order valence-corrected chi connectivity index (χ0v) is 22.3. The molecule has 39 heavy (non-hydrogen) atoms. The first-order valence-corrected chi connectivity index (χ1v) is 13.4. The molecule has 8 heteroatoms. The van der Waals surface area contributed by atoms with E-state index in [1.165, 1.54) is 12.1 Å². The monoisotopic (exact) mass is 539 g/mol. The maximum absolute atomic E-state index is 13.6. The van der Waals surface area contributed by atoms with Crippen LogP contribution in [0.25, 0.3) is 11.3 Å². The van der Waals surface area contributed by atoms with Crippen LogP contribution in [-0.4, -0.2) is 46.5 Å². The van der Waals surface area contributed by atoms with E-state index in [-0.39, 0.29) is 17.5 Å². The minimum atomic E-state index is -0.302. The minimum Gasteiger partial charge on any atom is -0.324 e. The van der Waals surface area contributed by atoms with Gasteiger partial charge in [0.05, 0.1) is 18.0 Å². The van der Waals surface area contributed by atoms with E-state index in [0.717, 1.165) is 70.8 Å². The highest BCUT2D eigenvalue weighted by Crippen LogP contribution is 2.34. The van der Waals surface area contributed by atoms with Crippen LogP contribution in [-0.2, 0) is 6.54 Å². The molecule has 3 heterocycles. The van der Waals surface area contributed by atoms with Gasteiger partial charge in [-0.25, -0.2) is 14.4 Å². The number of hydrogen-bond donors (Lipinski definition) is 1. The second-order valence-electron chi connectivity index (χ2n) is 10.1. The number of aliphatic imine (C=N–C) groups is 1. The Morgan fingerprint density at radius 2 is 1.74 bits per heavy atom. The standard InChI is InChI=1S/C31H27ClFN5O/c1-38-14-12-21(13-15-38)30(39)20-4-9-25(10-5-20)36-31-35-18-22-17-34-28(19-2-7-24(33)8-3-19)27-16-23(32)6-11-26(27)29(22)37-31/h2-11,16,18,21H,12-15,17H2,1H3,(H,35,36,37). The lowest BCUT2D eigenvalue weighted by Crippen LogP contribution is -2.33. The summed E-state index contributed by atoms with van der Waals surface area (Å²) < 4.78 is 13.6. The van der Waals surface area contributed by atoms with Crippen LogP contribution in [0, 0.1) is 11.7 Å². The molecule has 1 saturated heterocycles. The number of anilines is 2. The summed E-state index contributed by atoms with van der Waals surface area (Å²) in [5.41, 5.74) is 6.39. The van der Waals surface area contributed by atoms with Gasteiger partial charge in [0.25, 0.3) is 0 Å². The SMILES string of the molecule is CN1CCC(C(=O)c2ccc(Nc3ncc4c(n3)-c3ccc(Cl)cc3C(c3ccc(F)cc3)=NC4)cc2)CC1. The van der Waals surface area contributed by atoms with E-state index in [4.69, 9.17) is 21.6 Å². The smallest absolute Gasteiger partial charge is 0.227 e. The van der Waals surface area contributed by atoms with Crippen molar-refractivity contribution in [1.82, 2.24) is 14.9 Å². The van der Waals surface area contributed by atoms with E-state index < -0.39 is 0 Å². The van der Waals surface area contributed by atoms with Crippen LogP contribution >= 0.6 is 11.6 Å². The molecule has 2 aliphatic heterocycles. The van der Waals surface area contributed by atoms with Gasteiger partial charge in [-0.15, -0.1) is 0 Å². The van der Waals surface area contributed by atoms with E-state index in [2.05, 4.69) is 22.2 Å². The average molecular weight is 540 g/mol. The molecular weight excluding hydrogens is 513 g/mol. The van der Waals surface area contributed by atoms with Crippen molar-refractivity contribution in [2.24, 2.45) is 10.9 Å². The lowest BCUT2D eigenvalue weighted by atomic mass is 9.89. The van der Waals surface area contributed by atoms with Crippen molar-refractivity contribution in [1.29, 1.82) is 0 Å². The van der Waals surface area contributed by atoms with Crippen LogP contribution in [0.4, 0.5) is 16.0 Å². The molecular formula is C31H27ClFN5O. The number of rotatable bonds is 5. The van der Waals surface area contributed by atoms with E-state index in [1.807, 2.05) is 42.5 Å². The summed E-state index contributed by atoms with van der Waals surface area (Å²) in [5, 5.41) is 3.85. The highest BCUT2D eigenvalue weighted by atomic mass is 35.5. The fourth-order valence-corrected chi connectivity index (χ4v) is 5.36. The zero-order chi connectivity index (χ0) is 26.9. The van der Waals surface area contributed by atoms with Crippen molar-refractivity contribution in [2.45, 2.75) is 19.4 Å². The topological polar surface area (TPSA) is 70.5 Å². The number of ketones is 1. The molecule has 6 rings (SSSR count). The third-order valence-corrected chi connectivity index (χ3v) is 7.63. The number of nitrogens with zero attached hydrogens (tertiary/aromatic N) is 4. The lowest BCUT2D eigenvalue weighted by Gasteiger charge is -2.28. The van der Waals surface area contributed by atoms with Crippen LogP contribution in [0.1, 0.15) is 39.9 Å². The average Bonchev–Trinajstić information content (AvgIpc) is 3.10. The van der Waals surface area contributed by atoms with Gasteiger partial charge in [-0.2, -0.15) is 0 Å². The van der Waals surface area contributed by atoms with Gasteiger partial charge in [0.1, 0.15) is 5.82 Å². The molecule has 0 atom stereocenters. The number of aromatic nitrogens is 2. The van der Waals surface area contributed by atoms with Crippen LogP contribution in [0.3, 0.4) is 0 Å². The Hall–Kier alpha value is -3.94. The number of benzene rings is 3. The van der Waals surface area contributed by atoms with Gasteiger partial charge in [-0.1, -0.05) is 17.7 Å². The van der Waals surface area contributed by atoms with Crippen molar-refractivity contribution < 1.29 is 9.18 Å². The molecule has 0 amide bonds. The normalized spacial score (nSPS) is 15.6. The Kier molecular flexibility index (Phi) is 6.94. The third-order valence-electron chi connectivity index (χ3n) is 7.40. The molecule has 0 radical (unpaired) electrons. The van der Waals surface area contributed by atoms with E-state index in [1.54, 1.807) is 18.3 Å². The predicted molar refractivity (Wildman–Crippen MR) is 152 cm³/mol. The molecule has 2 aliphatic rings. The molecule has 0 spiro atoms. The fourth-order valence-electron chi connectivity index (χ4n) is 5.19. The molecule has 0 bridgehead atoms. The van der Waals surface area contributed by atoms with Crippen molar-refractivity contribution in [3.8, 4) is 11.3 Å². The van der Waals surface area contributed by atoms with Gasteiger partial charge in [0.2, 0.25) is 5.95 Å². The number of carbonyl (C=O) groups excluding carboxylic acids is 1. The molecule has 3 aromatic carbocycles. The Labute approximate surface area is 231 Å². The lowest BCUT2D eigenvalue weighted by molar-refractivity contribution is 0.0857. The fraction of sp³-hybridized carbons (Fsp3) is 0.226. The predicted octanol–water partition coefficient (Wildman–Crippen LogP) is 6.56. The first kappa shape index (κ1) is 25.3. The van der Waals surface area contributed by atoms with Crippen molar-refractivity contribution in [3.63, 3.8) is 0 Å². The van der Waals surface area contributed by atoms with Crippen LogP contribution in [0.15, 0.2) is 77.9 Å². The Morgan fingerprint density at radius 3 is 2.49 bits per heavy atom. The maximum atomic E-state index is 13.6. The van der Waals surface area contributed by atoms with E-state index in [9.17, 15) is 9.18 Å². The van der Waals surface area contributed by atoms with Crippen molar-refractivity contribution in [2.75, 3.05) is 25.5 Å². The van der Waals surface area contributed by atoms with Crippen molar-refractivity contribution >= 4 is 34.7 Å². The molecule has 6 nitrogen and oxygen atoms in total. The number of Topliss-reactive ketones (excluding diaryl/α,β-unsaturated/α-hetero) is 1. The van der Waals surface area contributed by atoms with Gasteiger partial charge in [0, 0.05) is 50.6 Å². The first-order chi connectivity index (χ1) is 18.9. The highest BCUT2D eigenvalue weighted by molar-refractivity contribution is 6.31. The summed E-state index contributed by atoms with van der Waals surface area (Å²) in [4.78, 5) is 29.4. The second kappa shape index (κ2) is 10.7. The second-order valence-corrected chi connectivity index (χ2v) is 10.5. The summed E-state index contributed by atoms with van der Waals surface area (Å²) in [6.45, 7) is 2.29. The Balaban J connectivity index is 1.26. The largest absolute Gasteiger partial charge is 0.324 e. The van der Waals surface area contributed by atoms with Gasteiger partial charge < -0.3 is 10.2 Å². The van der Waals surface area contributed by atoms with E-state index >= 15 is 0 Å². The number of fused-ring (bicyclic) bond motifs is 3. The van der Waals surface area contributed by atoms with Gasteiger partial charge in [-0.05, 0) is 93.6 Å². The Bertz CT molecular complexity index is 1560. The van der Waals surface area contributed by atoms with Crippen LogP contribution < -0.4 is 5.32 Å². The first-order valence-electron chi connectivity index (χ1n) is 13.0. The summed E-state index contributed by atoms with van der Waals surface area (Å²) in [7, 11) is 2.09. The van der Waals surface area contributed by atoms with Gasteiger partial charge in [0.15, 0.2) is 5.78 Å². The number of hydrogen-bond acceptors (Lipinski definition) is 6. The molecule has 0 aliphatic carbocycles. The third kappa shape index (κ3) is 5.33. The Morgan fingerprint density at radius 1 is 1.00 bits per heavy atom. The molecule has 196 valence electrons. The summed E-state index contributed by atoms with van der Waals surface area (Å²) in [5.74, 6) is 0.435. The summed E-state index contributed by atoms with van der Waals surface area (Å²) in [6, 6.07) is 19.4. The zero-order valence-electron chi connectivity index (χ0n) is 21.5. The summed E-state index contributed by atoms with van der Waals surface area (Å²) in [6.07, 6.45) is 3.58. The molecule has 0 unspecified atom stereocenters. The van der Waals surface area contributed by atoms with Crippen molar-refractivity contribution in [3.05, 3.63) is 106 Å². The van der Waals surface area contributed by atoms with Gasteiger partial charge >= 0.3 is 0 Å².